The Morgan fingerprint density at radius 1 is 1.10 bits per heavy atom. The quantitative estimate of drug-likeness (QED) is 0.571. The predicted octanol–water partition coefficient (Wildman–Crippen LogP) is 4.61. The maximum Gasteiger partial charge on any atom is 0.254 e. The molecule has 0 aliphatic carbocycles. The fraction of sp³-hybridized carbons (Fsp3) is 0.273. The number of hydrogen-bond donors (Lipinski definition) is 1. The fourth-order valence-corrected chi connectivity index (χ4v) is 3.64. The van der Waals surface area contributed by atoms with Crippen LogP contribution in [0.5, 0.6) is 0 Å². The number of hydrogen-bond acceptors (Lipinski definition) is 5. The van der Waals surface area contributed by atoms with Gasteiger partial charge in [0.15, 0.2) is 0 Å². The van der Waals surface area contributed by atoms with Crippen LogP contribution in [0, 0.1) is 5.82 Å². The summed E-state index contributed by atoms with van der Waals surface area (Å²) in [5.74, 6) is -0.863. The second-order valence-electron chi connectivity index (χ2n) is 6.84. The highest BCUT2D eigenvalue weighted by molar-refractivity contribution is 7.18. The van der Waals surface area contributed by atoms with Crippen LogP contribution in [-0.4, -0.2) is 39.5 Å². The topological polar surface area (TPSA) is 75.2 Å². The number of nitrogens with one attached hydrogen (secondary N) is 1. The Bertz CT molecular complexity index is 992. The summed E-state index contributed by atoms with van der Waals surface area (Å²) in [5, 5.41) is 12.0. The lowest BCUT2D eigenvalue weighted by atomic mass is 10.1. The molecule has 0 bridgehead atoms. The number of nitrogens with zero attached hydrogens (tertiary/aromatic N) is 3. The van der Waals surface area contributed by atoms with Crippen molar-refractivity contribution in [3.63, 3.8) is 0 Å². The molecule has 1 N–H and O–H groups in total. The van der Waals surface area contributed by atoms with E-state index in [9.17, 15) is 14.0 Å². The zero-order valence-electron chi connectivity index (χ0n) is 16.8. The lowest BCUT2D eigenvalue weighted by Gasteiger charge is -2.28. The first-order valence-corrected chi connectivity index (χ1v) is 10.5. The molecule has 0 radical (unpaired) electrons. The van der Waals surface area contributed by atoms with Gasteiger partial charge in [-0.2, -0.15) is 0 Å². The van der Waals surface area contributed by atoms with E-state index in [1.807, 2.05) is 44.2 Å². The summed E-state index contributed by atoms with van der Waals surface area (Å²) in [7, 11) is 0. The molecule has 1 heterocycles. The molecule has 30 heavy (non-hydrogen) atoms. The third kappa shape index (κ3) is 5.48. The summed E-state index contributed by atoms with van der Waals surface area (Å²) in [4.78, 5) is 26.9. The molecule has 0 saturated carbocycles. The smallest absolute Gasteiger partial charge is 0.254 e. The molecule has 0 fully saturated rings. The van der Waals surface area contributed by atoms with E-state index in [4.69, 9.17) is 0 Å². The van der Waals surface area contributed by atoms with Crippen molar-refractivity contribution < 1.29 is 14.0 Å². The Hall–Kier alpha value is -3.13. The van der Waals surface area contributed by atoms with Gasteiger partial charge in [-0.05, 0) is 37.6 Å². The second-order valence-corrected chi connectivity index (χ2v) is 7.82. The van der Waals surface area contributed by atoms with E-state index in [2.05, 4.69) is 15.5 Å². The van der Waals surface area contributed by atoms with E-state index in [1.54, 1.807) is 4.90 Å². The number of benzene rings is 2. The van der Waals surface area contributed by atoms with Crippen molar-refractivity contribution in [2.75, 3.05) is 11.9 Å². The minimum absolute atomic E-state index is 0.0541. The average molecular weight is 427 g/mol. The van der Waals surface area contributed by atoms with Crippen molar-refractivity contribution in [3.8, 4) is 10.6 Å². The molecule has 6 nitrogen and oxygen atoms in total. The standard InChI is InChI=1S/C22H23FN4O2S/c1-3-15(2)27(21(29)17-9-11-18(23)12-10-17)14-13-19(28)24-22-26-25-20(30-22)16-7-5-4-6-8-16/h4-12,15H,3,13-14H2,1-2H3,(H,24,26,28). The van der Waals surface area contributed by atoms with E-state index in [1.165, 1.54) is 35.6 Å². The van der Waals surface area contributed by atoms with E-state index in [-0.39, 0.29) is 30.8 Å². The SMILES string of the molecule is CCC(C)N(CCC(=O)Nc1nnc(-c2ccccc2)s1)C(=O)c1ccc(F)cc1. The third-order valence-corrected chi connectivity index (χ3v) is 5.63. The highest BCUT2D eigenvalue weighted by Crippen LogP contribution is 2.26. The molecule has 1 aromatic heterocycles. The summed E-state index contributed by atoms with van der Waals surface area (Å²) < 4.78 is 13.2. The zero-order valence-corrected chi connectivity index (χ0v) is 17.7. The van der Waals surface area contributed by atoms with Crippen molar-refractivity contribution in [2.24, 2.45) is 0 Å². The van der Waals surface area contributed by atoms with Crippen LogP contribution in [0.25, 0.3) is 10.6 Å². The van der Waals surface area contributed by atoms with Crippen molar-refractivity contribution >= 4 is 28.3 Å². The van der Waals surface area contributed by atoms with Gasteiger partial charge in [-0.1, -0.05) is 48.6 Å². The van der Waals surface area contributed by atoms with Crippen molar-refractivity contribution in [1.29, 1.82) is 0 Å². The van der Waals surface area contributed by atoms with Gasteiger partial charge in [-0.3, -0.25) is 9.59 Å². The number of anilines is 1. The lowest BCUT2D eigenvalue weighted by Crippen LogP contribution is -2.40. The van der Waals surface area contributed by atoms with Crippen molar-refractivity contribution in [2.45, 2.75) is 32.7 Å². The predicted molar refractivity (Wildman–Crippen MR) is 116 cm³/mol. The van der Waals surface area contributed by atoms with E-state index in [0.29, 0.717) is 10.7 Å². The monoisotopic (exact) mass is 426 g/mol. The summed E-state index contributed by atoms with van der Waals surface area (Å²) in [6.07, 6.45) is 0.864. The van der Waals surface area contributed by atoms with Gasteiger partial charge >= 0.3 is 0 Å². The normalized spacial score (nSPS) is 11.7. The van der Waals surface area contributed by atoms with Crippen LogP contribution in [-0.2, 0) is 4.79 Å². The number of carbonyl (C=O) groups is 2. The van der Waals surface area contributed by atoms with Crippen LogP contribution < -0.4 is 5.32 Å². The molecule has 156 valence electrons. The van der Waals surface area contributed by atoms with Crippen LogP contribution in [0.15, 0.2) is 54.6 Å². The van der Waals surface area contributed by atoms with Crippen LogP contribution in [0.3, 0.4) is 0 Å². The second kappa shape index (κ2) is 10.1. The molecule has 0 aliphatic heterocycles. The minimum atomic E-state index is -0.395. The third-order valence-electron chi connectivity index (χ3n) is 4.75. The van der Waals surface area contributed by atoms with E-state index >= 15 is 0 Å². The summed E-state index contributed by atoms with van der Waals surface area (Å²) in [6, 6.07) is 15.0. The zero-order chi connectivity index (χ0) is 21.5. The largest absolute Gasteiger partial charge is 0.335 e. The van der Waals surface area contributed by atoms with Crippen molar-refractivity contribution in [3.05, 3.63) is 66.0 Å². The maximum atomic E-state index is 13.2. The molecule has 0 spiro atoms. The number of halogens is 1. The maximum absolute atomic E-state index is 13.2. The van der Waals surface area contributed by atoms with Crippen LogP contribution in [0.1, 0.15) is 37.0 Å². The highest BCUT2D eigenvalue weighted by atomic mass is 32.1. The Morgan fingerprint density at radius 3 is 2.47 bits per heavy atom. The fourth-order valence-electron chi connectivity index (χ4n) is 2.88. The number of aromatic nitrogens is 2. The molecule has 0 aliphatic rings. The summed E-state index contributed by atoms with van der Waals surface area (Å²) >= 11 is 1.29. The van der Waals surface area contributed by atoms with Crippen LogP contribution in [0.2, 0.25) is 0 Å². The van der Waals surface area contributed by atoms with Crippen LogP contribution in [0.4, 0.5) is 9.52 Å². The lowest BCUT2D eigenvalue weighted by molar-refractivity contribution is -0.116. The first-order chi connectivity index (χ1) is 14.5. The average Bonchev–Trinajstić information content (AvgIpc) is 3.23. The number of rotatable bonds is 8. The van der Waals surface area contributed by atoms with Gasteiger partial charge in [0.2, 0.25) is 11.0 Å². The van der Waals surface area contributed by atoms with Crippen molar-refractivity contribution in [1.82, 2.24) is 15.1 Å². The first-order valence-electron chi connectivity index (χ1n) is 9.73. The minimum Gasteiger partial charge on any atom is -0.335 e. The van der Waals surface area contributed by atoms with Gasteiger partial charge in [-0.15, -0.1) is 10.2 Å². The number of carbonyl (C=O) groups excluding carboxylic acids is 2. The Labute approximate surface area is 178 Å². The van der Waals surface area contributed by atoms with E-state index in [0.717, 1.165) is 17.0 Å². The van der Waals surface area contributed by atoms with Crippen LogP contribution >= 0.6 is 11.3 Å². The Kier molecular flexibility index (Phi) is 7.24. The number of amides is 2. The van der Waals surface area contributed by atoms with Gasteiger partial charge in [0, 0.05) is 30.1 Å². The molecule has 3 rings (SSSR count). The molecule has 3 aromatic rings. The molecular weight excluding hydrogens is 403 g/mol. The molecule has 1 unspecified atom stereocenters. The van der Waals surface area contributed by atoms with Gasteiger partial charge in [-0.25, -0.2) is 4.39 Å². The van der Waals surface area contributed by atoms with Gasteiger partial charge < -0.3 is 10.2 Å². The molecule has 2 aromatic carbocycles. The highest BCUT2D eigenvalue weighted by Gasteiger charge is 2.21. The Balaban J connectivity index is 1.61. The Morgan fingerprint density at radius 2 is 1.80 bits per heavy atom. The first kappa shape index (κ1) is 21.6. The molecular formula is C22H23FN4O2S. The van der Waals surface area contributed by atoms with Gasteiger partial charge in [0.1, 0.15) is 10.8 Å². The van der Waals surface area contributed by atoms with Gasteiger partial charge in [0.25, 0.3) is 5.91 Å². The molecule has 8 heteroatoms. The summed E-state index contributed by atoms with van der Waals surface area (Å²) in [6.45, 7) is 4.15. The molecule has 2 amide bonds. The van der Waals surface area contributed by atoms with E-state index < -0.39 is 5.82 Å². The summed E-state index contributed by atoms with van der Waals surface area (Å²) in [5.41, 5.74) is 1.33. The molecule has 0 saturated heterocycles. The molecule has 1 atom stereocenters. The van der Waals surface area contributed by atoms with Gasteiger partial charge in [0.05, 0.1) is 0 Å².